The van der Waals surface area contributed by atoms with Crippen LogP contribution in [0.1, 0.15) is 53.1 Å². The predicted octanol–water partition coefficient (Wildman–Crippen LogP) is 5.74. The maximum absolute atomic E-state index is 9.10. The second-order valence-electron chi connectivity index (χ2n) is 8.67. The largest absolute Gasteiger partial charge is 0.299 e. The standard InChI is InChI=1S/C28H30N4/c1-4-12-32(13-11-22-6-9-26-20(2)5-8-24(26)15-22)19-23-7-10-27(30-17-23)28-14-21(3)25(16-29)18-31-28/h6-7,9-10,14-15,17-18H,2,4-5,8,11-13,19H2,1,3H3. The van der Waals surface area contributed by atoms with Gasteiger partial charge in [-0.1, -0.05) is 37.8 Å². The molecule has 0 saturated carbocycles. The summed E-state index contributed by atoms with van der Waals surface area (Å²) in [6.07, 6.45) is 7.99. The van der Waals surface area contributed by atoms with Crippen LogP contribution in [0.2, 0.25) is 0 Å². The molecule has 0 saturated heterocycles. The van der Waals surface area contributed by atoms with Gasteiger partial charge in [0.2, 0.25) is 0 Å². The molecule has 0 bridgehead atoms. The van der Waals surface area contributed by atoms with Crippen LogP contribution in [-0.2, 0) is 19.4 Å². The van der Waals surface area contributed by atoms with Gasteiger partial charge in [0.25, 0.3) is 0 Å². The molecule has 0 spiro atoms. The summed E-state index contributed by atoms with van der Waals surface area (Å²) in [5.41, 5.74) is 9.89. The molecule has 4 rings (SSSR count). The summed E-state index contributed by atoms with van der Waals surface area (Å²) < 4.78 is 0. The van der Waals surface area contributed by atoms with E-state index in [1.807, 2.05) is 25.3 Å². The summed E-state index contributed by atoms with van der Waals surface area (Å²) in [6, 6.07) is 15.2. The third kappa shape index (κ3) is 4.95. The lowest BCUT2D eigenvalue weighted by molar-refractivity contribution is 0.269. The number of fused-ring (bicyclic) bond motifs is 1. The van der Waals surface area contributed by atoms with Crippen molar-refractivity contribution < 1.29 is 0 Å². The van der Waals surface area contributed by atoms with Gasteiger partial charge in [-0.3, -0.25) is 14.9 Å². The Balaban J connectivity index is 1.40. The molecular weight excluding hydrogens is 392 g/mol. The first-order valence-corrected chi connectivity index (χ1v) is 11.4. The van der Waals surface area contributed by atoms with Gasteiger partial charge in [0.05, 0.1) is 17.0 Å². The number of pyridine rings is 2. The first kappa shape index (κ1) is 21.9. The Morgan fingerprint density at radius 2 is 1.81 bits per heavy atom. The maximum atomic E-state index is 9.10. The summed E-state index contributed by atoms with van der Waals surface area (Å²) in [5.74, 6) is 0. The molecule has 0 fully saturated rings. The van der Waals surface area contributed by atoms with Crippen molar-refractivity contribution in [2.75, 3.05) is 13.1 Å². The molecule has 3 aromatic rings. The molecule has 0 atom stereocenters. The van der Waals surface area contributed by atoms with Crippen molar-refractivity contribution in [2.24, 2.45) is 0 Å². The number of hydrogen-bond acceptors (Lipinski definition) is 4. The van der Waals surface area contributed by atoms with Crippen LogP contribution in [0.25, 0.3) is 17.0 Å². The van der Waals surface area contributed by atoms with E-state index in [1.54, 1.807) is 6.20 Å². The fourth-order valence-electron chi connectivity index (χ4n) is 4.39. The van der Waals surface area contributed by atoms with Gasteiger partial charge in [0.15, 0.2) is 0 Å². The van der Waals surface area contributed by atoms with Crippen molar-refractivity contribution in [3.05, 3.63) is 88.8 Å². The van der Waals surface area contributed by atoms with Crippen molar-refractivity contribution in [3.63, 3.8) is 0 Å². The van der Waals surface area contributed by atoms with Crippen LogP contribution in [-0.4, -0.2) is 28.0 Å². The van der Waals surface area contributed by atoms with Gasteiger partial charge in [-0.15, -0.1) is 0 Å². The molecule has 4 nitrogen and oxygen atoms in total. The van der Waals surface area contributed by atoms with Crippen molar-refractivity contribution in [3.8, 4) is 17.5 Å². The lowest BCUT2D eigenvalue weighted by Gasteiger charge is -2.22. The molecule has 1 aliphatic carbocycles. The van der Waals surface area contributed by atoms with Crippen LogP contribution in [0.4, 0.5) is 0 Å². The summed E-state index contributed by atoms with van der Waals surface area (Å²) in [4.78, 5) is 11.5. The second kappa shape index (κ2) is 9.89. The van der Waals surface area contributed by atoms with Crippen molar-refractivity contribution in [2.45, 2.75) is 46.1 Å². The third-order valence-electron chi connectivity index (χ3n) is 6.23. The third-order valence-corrected chi connectivity index (χ3v) is 6.23. The van der Waals surface area contributed by atoms with Crippen LogP contribution in [0, 0.1) is 18.3 Å². The van der Waals surface area contributed by atoms with Gasteiger partial charge >= 0.3 is 0 Å². The highest BCUT2D eigenvalue weighted by Crippen LogP contribution is 2.31. The molecule has 0 amide bonds. The van der Waals surface area contributed by atoms with Crippen LogP contribution >= 0.6 is 0 Å². The van der Waals surface area contributed by atoms with Gasteiger partial charge in [0.1, 0.15) is 6.07 Å². The number of nitrogens with zero attached hydrogens (tertiary/aromatic N) is 4. The van der Waals surface area contributed by atoms with E-state index in [0.29, 0.717) is 5.56 Å². The Morgan fingerprint density at radius 3 is 2.53 bits per heavy atom. The first-order valence-electron chi connectivity index (χ1n) is 11.4. The normalized spacial score (nSPS) is 12.8. The molecule has 2 aromatic heterocycles. The number of allylic oxidation sites excluding steroid dienone is 1. The molecule has 0 aliphatic heterocycles. The minimum atomic E-state index is 0.605. The minimum Gasteiger partial charge on any atom is -0.299 e. The van der Waals surface area contributed by atoms with Crippen LogP contribution in [0.3, 0.4) is 0 Å². The fraction of sp³-hybridized carbons (Fsp3) is 0.321. The topological polar surface area (TPSA) is 52.8 Å². The highest BCUT2D eigenvalue weighted by atomic mass is 15.1. The highest BCUT2D eigenvalue weighted by Gasteiger charge is 2.15. The molecular formula is C28H30N4. The quantitative estimate of drug-likeness (QED) is 0.465. The summed E-state index contributed by atoms with van der Waals surface area (Å²) in [5, 5.41) is 9.10. The summed E-state index contributed by atoms with van der Waals surface area (Å²) >= 11 is 0. The van der Waals surface area contributed by atoms with E-state index in [1.165, 1.54) is 27.8 Å². The SMILES string of the molecule is C=C1CCc2cc(CCN(CCC)Cc3ccc(-c4cc(C)c(C#N)cn4)nc3)ccc21. The smallest absolute Gasteiger partial charge is 0.101 e. The molecule has 0 radical (unpaired) electrons. The Bertz CT molecular complexity index is 1160. The summed E-state index contributed by atoms with van der Waals surface area (Å²) in [6.45, 7) is 11.3. The Morgan fingerprint density at radius 1 is 1.00 bits per heavy atom. The summed E-state index contributed by atoms with van der Waals surface area (Å²) in [7, 11) is 0. The van der Waals surface area contributed by atoms with Gasteiger partial charge in [-0.25, -0.2) is 0 Å². The Labute approximate surface area is 191 Å². The number of nitriles is 1. The number of hydrogen-bond donors (Lipinski definition) is 0. The number of rotatable bonds is 8. The average Bonchev–Trinajstić information content (AvgIpc) is 3.18. The van der Waals surface area contributed by atoms with Crippen molar-refractivity contribution >= 4 is 5.57 Å². The molecule has 4 heteroatoms. The van der Waals surface area contributed by atoms with Gasteiger partial charge in [0, 0.05) is 25.5 Å². The fourth-order valence-corrected chi connectivity index (χ4v) is 4.39. The molecule has 2 heterocycles. The van der Waals surface area contributed by atoms with E-state index >= 15 is 0 Å². The van der Waals surface area contributed by atoms with E-state index in [4.69, 9.17) is 5.26 Å². The van der Waals surface area contributed by atoms with E-state index < -0.39 is 0 Å². The van der Waals surface area contributed by atoms with E-state index in [9.17, 15) is 0 Å². The zero-order valence-corrected chi connectivity index (χ0v) is 19.1. The van der Waals surface area contributed by atoms with Gasteiger partial charge < -0.3 is 0 Å². The molecule has 0 N–H and O–H groups in total. The molecule has 1 aliphatic rings. The van der Waals surface area contributed by atoms with Crippen molar-refractivity contribution in [1.82, 2.24) is 14.9 Å². The van der Waals surface area contributed by atoms with Crippen molar-refractivity contribution in [1.29, 1.82) is 5.26 Å². The Hall–Kier alpha value is -3.29. The van der Waals surface area contributed by atoms with Crippen LogP contribution in [0.5, 0.6) is 0 Å². The lowest BCUT2D eigenvalue weighted by atomic mass is 10.0. The molecule has 1 aromatic carbocycles. The zero-order chi connectivity index (χ0) is 22.5. The Kier molecular flexibility index (Phi) is 6.78. The average molecular weight is 423 g/mol. The molecule has 32 heavy (non-hydrogen) atoms. The first-order chi connectivity index (χ1) is 15.6. The van der Waals surface area contributed by atoms with Crippen LogP contribution < -0.4 is 0 Å². The van der Waals surface area contributed by atoms with Crippen LogP contribution in [0.15, 0.2) is 55.4 Å². The number of aryl methyl sites for hydroxylation is 2. The van der Waals surface area contributed by atoms with E-state index in [2.05, 4.69) is 58.7 Å². The monoisotopic (exact) mass is 422 g/mol. The number of benzene rings is 1. The van der Waals surface area contributed by atoms with E-state index in [0.717, 1.165) is 62.3 Å². The second-order valence-corrected chi connectivity index (χ2v) is 8.67. The molecule has 162 valence electrons. The molecule has 0 unspecified atom stereocenters. The van der Waals surface area contributed by atoms with Gasteiger partial charge in [-0.2, -0.15) is 5.26 Å². The van der Waals surface area contributed by atoms with Gasteiger partial charge in [-0.05, 0) is 84.7 Å². The minimum absolute atomic E-state index is 0.605. The zero-order valence-electron chi connectivity index (χ0n) is 19.1. The maximum Gasteiger partial charge on any atom is 0.101 e. The lowest BCUT2D eigenvalue weighted by Crippen LogP contribution is -2.26. The van der Waals surface area contributed by atoms with E-state index in [-0.39, 0.29) is 0 Å². The predicted molar refractivity (Wildman–Crippen MR) is 130 cm³/mol. The highest BCUT2D eigenvalue weighted by molar-refractivity contribution is 5.71. The number of aromatic nitrogens is 2.